The summed E-state index contributed by atoms with van der Waals surface area (Å²) in [4.78, 5) is 9.28. The highest BCUT2D eigenvalue weighted by Gasteiger charge is 2.17. The summed E-state index contributed by atoms with van der Waals surface area (Å²) in [5.41, 5.74) is 1.95. The van der Waals surface area contributed by atoms with Gasteiger partial charge in [-0.25, -0.2) is 4.98 Å². The molecule has 3 aromatic rings. The third kappa shape index (κ3) is 1.57. The zero-order valence-corrected chi connectivity index (χ0v) is 10.5. The van der Waals surface area contributed by atoms with E-state index in [1.165, 1.54) is 11.3 Å². The molecule has 0 aliphatic rings. The highest BCUT2D eigenvalue weighted by atomic mass is 32.1. The van der Waals surface area contributed by atoms with Crippen molar-refractivity contribution >= 4 is 16.3 Å². The lowest BCUT2D eigenvalue weighted by Gasteiger charge is -1.95. The van der Waals surface area contributed by atoms with Crippen LogP contribution in [0, 0.1) is 11.3 Å². The van der Waals surface area contributed by atoms with Crippen LogP contribution in [0.25, 0.3) is 16.2 Å². The predicted octanol–water partition coefficient (Wildman–Crippen LogP) is 2.29. The lowest BCUT2D eigenvalue weighted by Crippen LogP contribution is -1.92. The first-order chi connectivity index (χ1) is 8.83. The van der Waals surface area contributed by atoms with Crippen LogP contribution in [0.2, 0.25) is 0 Å². The van der Waals surface area contributed by atoms with Gasteiger partial charge in [-0.2, -0.15) is 14.9 Å². The van der Waals surface area contributed by atoms with E-state index in [1.807, 2.05) is 19.1 Å². The molecule has 0 aliphatic carbocycles. The van der Waals surface area contributed by atoms with Crippen molar-refractivity contribution in [1.29, 1.82) is 5.26 Å². The first-order valence-corrected chi connectivity index (χ1v) is 6.34. The summed E-state index contributed by atoms with van der Waals surface area (Å²) < 4.78 is 1.62. The highest BCUT2D eigenvalue weighted by molar-refractivity contribution is 7.16. The van der Waals surface area contributed by atoms with E-state index in [0.29, 0.717) is 11.4 Å². The van der Waals surface area contributed by atoms with Crippen molar-refractivity contribution < 1.29 is 0 Å². The minimum absolute atomic E-state index is 0.467. The molecule has 0 aromatic carbocycles. The van der Waals surface area contributed by atoms with Crippen molar-refractivity contribution in [2.75, 3.05) is 0 Å². The van der Waals surface area contributed by atoms with Gasteiger partial charge in [0.1, 0.15) is 16.8 Å². The van der Waals surface area contributed by atoms with Crippen molar-refractivity contribution in [3.05, 3.63) is 35.2 Å². The minimum Gasteiger partial charge on any atom is -0.264 e. The van der Waals surface area contributed by atoms with Crippen LogP contribution in [0.1, 0.15) is 17.6 Å². The Morgan fingerprint density at radius 2 is 2.39 bits per heavy atom. The minimum atomic E-state index is 0.467. The lowest BCUT2D eigenvalue weighted by molar-refractivity contribution is 0.899. The van der Waals surface area contributed by atoms with E-state index < -0.39 is 0 Å². The maximum absolute atomic E-state index is 9.28. The van der Waals surface area contributed by atoms with Crippen LogP contribution < -0.4 is 0 Å². The summed E-state index contributed by atoms with van der Waals surface area (Å²) in [5.74, 6) is 0. The summed E-state index contributed by atoms with van der Waals surface area (Å²) in [7, 11) is 0. The zero-order chi connectivity index (χ0) is 12.5. The van der Waals surface area contributed by atoms with Crippen LogP contribution in [0.4, 0.5) is 0 Å². The van der Waals surface area contributed by atoms with Gasteiger partial charge in [-0.15, -0.1) is 0 Å². The number of aryl methyl sites for hydroxylation is 1. The molecule has 0 bridgehead atoms. The molecule has 0 atom stereocenters. The Morgan fingerprint density at radius 1 is 1.50 bits per heavy atom. The normalized spacial score (nSPS) is 10.7. The van der Waals surface area contributed by atoms with Gasteiger partial charge in [0.15, 0.2) is 5.69 Å². The Bertz CT molecular complexity index is 735. The van der Waals surface area contributed by atoms with Gasteiger partial charge < -0.3 is 0 Å². The van der Waals surface area contributed by atoms with Crippen molar-refractivity contribution in [2.24, 2.45) is 0 Å². The van der Waals surface area contributed by atoms with Gasteiger partial charge >= 0.3 is 0 Å². The van der Waals surface area contributed by atoms with E-state index >= 15 is 0 Å². The molecule has 0 unspecified atom stereocenters. The number of imidazole rings is 1. The van der Waals surface area contributed by atoms with Gasteiger partial charge in [0.2, 0.25) is 4.96 Å². The van der Waals surface area contributed by atoms with E-state index in [9.17, 15) is 5.26 Å². The molecule has 0 aliphatic heterocycles. The molecule has 3 aromatic heterocycles. The maximum atomic E-state index is 9.28. The zero-order valence-electron chi connectivity index (χ0n) is 9.66. The summed E-state index contributed by atoms with van der Waals surface area (Å²) >= 11 is 1.51. The van der Waals surface area contributed by atoms with Gasteiger partial charge in [0, 0.05) is 18.0 Å². The number of fused-ring (bicyclic) bond motifs is 1. The van der Waals surface area contributed by atoms with E-state index in [0.717, 1.165) is 22.0 Å². The van der Waals surface area contributed by atoms with Gasteiger partial charge in [0.05, 0.1) is 0 Å². The number of hydrogen-bond donors (Lipinski definition) is 0. The average Bonchev–Trinajstić information content (AvgIpc) is 2.96. The Hall–Kier alpha value is -2.26. The van der Waals surface area contributed by atoms with Gasteiger partial charge in [-0.3, -0.25) is 4.98 Å². The average molecular weight is 255 g/mol. The number of pyridine rings is 1. The van der Waals surface area contributed by atoms with Crippen LogP contribution in [0.3, 0.4) is 0 Å². The quantitative estimate of drug-likeness (QED) is 0.704. The second-order valence-corrected chi connectivity index (χ2v) is 4.75. The Labute approximate surface area is 107 Å². The monoisotopic (exact) mass is 255 g/mol. The second-order valence-electron chi connectivity index (χ2n) is 3.71. The largest absolute Gasteiger partial charge is 0.264 e. The van der Waals surface area contributed by atoms with Crippen LogP contribution in [0.5, 0.6) is 0 Å². The molecule has 88 valence electrons. The fourth-order valence-corrected chi connectivity index (χ4v) is 2.57. The van der Waals surface area contributed by atoms with Crippen LogP contribution in [-0.4, -0.2) is 19.6 Å². The molecule has 0 saturated heterocycles. The van der Waals surface area contributed by atoms with Gasteiger partial charge in [-0.05, 0) is 18.6 Å². The van der Waals surface area contributed by atoms with E-state index in [2.05, 4.69) is 21.1 Å². The lowest BCUT2D eigenvalue weighted by atomic mass is 10.2. The van der Waals surface area contributed by atoms with Crippen molar-refractivity contribution in [2.45, 2.75) is 13.3 Å². The smallest absolute Gasteiger partial charge is 0.214 e. The standard InChI is InChI=1S/C12H9N5S/c1-2-10-16-17-9(6-13)11(15-12(17)18-10)8-4-3-5-14-7-8/h3-5,7H,2H2,1H3. The van der Waals surface area contributed by atoms with Crippen LogP contribution in [0.15, 0.2) is 24.5 Å². The SMILES string of the molecule is CCc1nn2c(C#N)c(-c3cccnc3)nc2s1. The van der Waals surface area contributed by atoms with E-state index in [4.69, 9.17) is 0 Å². The van der Waals surface area contributed by atoms with Gasteiger partial charge in [-0.1, -0.05) is 18.3 Å². The summed E-state index contributed by atoms with van der Waals surface area (Å²) in [6.45, 7) is 2.03. The number of nitriles is 1. The molecule has 0 radical (unpaired) electrons. The fourth-order valence-electron chi connectivity index (χ4n) is 1.74. The molecule has 0 spiro atoms. The molecule has 0 N–H and O–H groups in total. The topological polar surface area (TPSA) is 66.9 Å². The summed E-state index contributed by atoms with van der Waals surface area (Å²) in [6.07, 6.45) is 4.25. The Kier molecular flexibility index (Phi) is 2.54. The van der Waals surface area contributed by atoms with E-state index in [-0.39, 0.29) is 0 Å². The molecule has 6 heteroatoms. The number of rotatable bonds is 2. The molecule has 18 heavy (non-hydrogen) atoms. The van der Waals surface area contributed by atoms with Gasteiger partial charge in [0.25, 0.3) is 0 Å². The summed E-state index contributed by atoms with van der Waals surface area (Å²) in [6, 6.07) is 5.89. The molecule has 0 saturated carbocycles. The van der Waals surface area contributed by atoms with Crippen LogP contribution in [-0.2, 0) is 6.42 Å². The molecule has 3 rings (SSSR count). The molecule has 3 heterocycles. The van der Waals surface area contributed by atoms with Crippen LogP contribution >= 0.6 is 11.3 Å². The molecule has 0 fully saturated rings. The second kappa shape index (κ2) is 4.20. The Morgan fingerprint density at radius 3 is 3.06 bits per heavy atom. The molecule has 0 amide bonds. The van der Waals surface area contributed by atoms with Crippen molar-refractivity contribution in [1.82, 2.24) is 19.6 Å². The molecular weight excluding hydrogens is 246 g/mol. The molecule has 5 nitrogen and oxygen atoms in total. The number of hydrogen-bond acceptors (Lipinski definition) is 5. The maximum Gasteiger partial charge on any atom is 0.214 e. The molecular formula is C12H9N5S. The number of nitrogens with zero attached hydrogens (tertiary/aromatic N) is 5. The van der Waals surface area contributed by atoms with Crippen molar-refractivity contribution in [3.8, 4) is 17.3 Å². The third-order valence-electron chi connectivity index (χ3n) is 2.59. The first kappa shape index (κ1) is 10.9. The first-order valence-electron chi connectivity index (χ1n) is 5.52. The third-order valence-corrected chi connectivity index (χ3v) is 3.64. The predicted molar refractivity (Wildman–Crippen MR) is 68.2 cm³/mol. The fraction of sp³-hybridized carbons (Fsp3) is 0.167. The Balaban J connectivity index is 2.25. The highest BCUT2D eigenvalue weighted by Crippen LogP contribution is 2.25. The summed E-state index contributed by atoms with van der Waals surface area (Å²) in [5, 5.41) is 14.6. The van der Waals surface area contributed by atoms with E-state index in [1.54, 1.807) is 16.9 Å². The number of aromatic nitrogens is 4. The van der Waals surface area contributed by atoms with Crippen molar-refractivity contribution in [3.63, 3.8) is 0 Å².